The summed E-state index contributed by atoms with van der Waals surface area (Å²) in [6.45, 7) is 0. The van der Waals surface area contributed by atoms with Gasteiger partial charge < -0.3 is 0 Å². The van der Waals surface area contributed by atoms with Crippen molar-refractivity contribution in [2.24, 2.45) is 4.99 Å². The van der Waals surface area contributed by atoms with Gasteiger partial charge in [0.2, 0.25) is 0 Å². The summed E-state index contributed by atoms with van der Waals surface area (Å²) in [4.78, 5) is 24.1. The molecule has 0 unspecified atom stereocenters. The van der Waals surface area contributed by atoms with Gasteiger partial charge in [-0.25, -0.2) is 4.39 Å². The fraction of sp³-hybridized carbons (Fsp3) is 0. The van der Waals surface area contributed by atoms with Crippen LogP contribution in [0.1, 0.15) is 5.56 Å². The Morgan fingerprint density at radius 3 is 2.24 bits per heavy atom. The predicted molar refractivity (Wildman–Crippen MR) is 73.4 cm³/mol. The predicted octanol–water partition coefficient (Wildman–Crippen LogP) is 3.39. The molecule has 0 aliphatic carbocycles. The maximum Gasteiger partial charge on any atom is 0.285 e. The molecule has 0 saturated carbocycles. The van der Waals surface area contributed by atoms with Gasteiger partial charge in [-0.05, 0) is 30.3 Å². The highest BCUT2D eigenvalue weighted by Gasteiger charge is 2.18. The molecule has 0 saturated heterocycles. The average molecular weight is 289 g/mol. The number of hydrogen-bond donors (Lipinski definition) is 0. The van der Waals surface area contributed by atoms with Crippen LogP contribution >= 0.6 is 0 Å². The van der Waals surface area contributed by atoms with Gasteiger partial charge in [-0.3, -0.25) is 25.2 Å². The third-order valence-corrected chi connectivity index (χ3v) is 2.60. The Morgan fingerprint density at radius 1 is 1.00 bits per heavy atom. The normalized spacial score (nSPS) is 10.7. The highest BCUT2D eigenvalue weighted by molar-refractivity contribution is 5.87. The third kappa shape index (κ3) is 3.44. The molecule has 0 atom stereocenters. The lowest BCUT2D eigenvalue weighted by atomic mass is 10.2. The number of aliphatic imine (C=N–C) groups is 1. The van der Waals surface area contributed by atoms with Crippen molar-refractivity contribution in [3.8, 4) is 0 Å². The minimum atomic E-state index is -0.723. The quantitative estimate of drug-likeness (QED) is 0.489. The minimum absolute atomic E-state index is 0.120. The monoisotopic (exact) mass is 289 g/mol. The van der Waals surface area contributed by atoms with Crippen LogP contribution in [-0.4, -0.2) is 16.1 Å². The molecule has 7 nitrogen and oxygen atoms in total. The number of hydrogen-bond acceptors (Lipinski definition) is 5. The number of halogens is 1. The van der Waals surface area contributed by atoms with Gasteiger partial charge in [0.25, 0.3) is 11.4 Å². The molecule has 0 fully saturated rings. The van der Waals surface area contributed by atoms with E-state index in [1.54, 1.807) is 0 Å². The number of nitro benzene ring substituents is 2. The molecular weight excluding hydrogens is 281 g/mol. The first-order chi connectivity index (χ1) is 9.97. The van der Waals surface area contributed by atoms with E-state index in [9.17, 15) is 24.6 Å². The Hall–Kier alpha value is -3.16. The van der Waals surface area contributed by atoms with E-state index in [0.29, 0.717) is 5.69 Å². The second-order valence-corrected chi connectivity index (χ2v) is 3.99. The van der Waals surface area contributed by atoms with E-state index in [1.165, 1.54) is 36.5 Å². The van der Waals surface area contributed by atoms with Gasteiger partial charge in [-0.2, -0.15) is 0 Å². The first kappa shape index (κ1) is 14.3. The van der Waals surface area contributed by atoms with Crippen molar-refractivity contribution >= 4 is 23.3 Å². The minimum Gasteiger partial charge on any atom is -0.258 e. The van der Waals surface area contributed by atoms with Gasteiger partial charge >= 0.3 is 0 Å². The summed E-state index contributed by atoms with van der Waals surface area (Å²) in [7, 11) is 0. The average Bonchev–Trinajstić information content (AvgIpc) is 2.46. The first-order valence-corrected chi connectivity index (χ1v) is 5.70. The van der Waals surface area contributed by atoms with Crippen molar-refractivity contribution in [1.82, 2.24) is 0 Å². The molecule has 0 aromatic heterocycles. The van der Waals surface area contributed by atoms with Crippen LogP contribution in [0.5, 0.6) is 0 Å². The molecule has 2 rings (SSSR count). The molecular formula is C13H8FN3O4. The van der Waals surface area contributed by atoms with Crippen LogP contribution in [0.4, 0.5) is 21.5 Å². The molecule has 0 bridgehead atoms. The molecule has 2 aromatic carbocycles. The maximum absolute atomic E-state index is 12.7. The van der Waals surface area contributed by atoms with E-state index in [0.717, 1.165) is 12.1 Å². The summed E-state index contributed by atoms with van der Waals surface area (Å²) in [5.74, 6) is -0.421. The van der Waals surface area contributed by atoms with Gasteiger partial charge in [0.15, 0.2) is 0 Å². The van der Waals surface area contributed by atoms with Crippen LogP contribution in [0.3, 0.4) is 0 Å². The number of nitrogens with zero attached hydrogens (tertiary/aromatic N) is 3. The fourth-order valence-corrected chi connectivity index (χ4v) is 1.58. The van der Waals surface area contributed by atoms with E-state index in [-0.39, 0.29) is 11.3 Å². The molecule has 0 N–H and O–H groups in total. The summed E-state index contributed by atoms with van der Waals surface area (Å²) in [6, 6.07) is 8.48. The van der Waals surface area contributed by atoms with Crippen LogP contribution in [0, 0.1) is 26.0 Å². The molecule has 0 radical (unpaired) electrons. The summed E-state index contributed by atoms with van der Waals surface area (Å²) in [5, 5.41) is 21.5. The number of non-ortho nitro benzene ring substituents is 1. The standard InChI is InChI=1S/C13H8FN3O4/c14-10-2-4-11(5-3-10)15-8-9-1-6-12(16(18)19)7-13(9)17(20)21/h1-8H. The Kier molecular flexibility index (Phi) is 3.98. The van der Waals surface area contributed by atoms with Crippen molar-refractivity contribution in [3.63, 3.8) is 0 Å². The van der Waals surface area contributed by atoms with Crippen LogP contribution in [0.15, 0.2) is 47.5 Å². The topological polar surface area (TPSA) is 98.6 Å². The zero-order valence-corrected chi connectivity index (χ0v) is 10.5. The molecule has 8 heteroatoms. The Labute approximate surface area is 117 Å². The second kappa shape index (κ2) is 5.87. The van der Waals surface area contributed by atoms with E-state index in [1.807, 2.05) is 0 Å². The highest BCUT2D eigenvalue weighted by Crippen LogP contribution is 2.24. The van der Waals surface area contributed by atoms with E-state index in [4.69, 9.17) is 0 Å². The summed E-state index contributed by atoms with van der Waals surface area (Å²) >= 11 is 0. The summed E-state index contributed by atoms with van der Waals surface area (Å²) in [6.07, 6.45) is 1.20. The molecule has 21 heavy (non-hydrogen) atoms. The van der Waals surface area contributed by atoms with Crippen LogP contribution in [0.2, 0.25) is 0 Å². The molecule has 2 aromatic rings. The number of benzene rings is 2. The number of rotatable bonds is 4. The van der Waals surface area contributed by atoms with Crippen LogP contribution < -0.4 is 0 Å². The maximum atomic E-state index is 12.7. The lowest BCUT2D eigenvalue weighted by Gasteiger charge is -1.98. The van der Waals surface area contributed by atoms with Crippen molar-refractivity contribution in [3.05, 3.63) is 74.1 Å². The fourth-order valence-electron chi connectivity index (χ4n) is 1.58. The molecule has 0 spiro atoms. The van der Waals surface area contributed by atoms with Crippen molar-refractivity contribution in [1.29, 1.82) is 0 Å². The highest BCUT2D eigenvalue weighted by atomic mass is 19.1. The molecule has 0 heterocycles. The van der Waals surface area contributed by atoms with Gasteiger partial charge in [-0.15, -0.1) is 0 Å². The van der Waals surface area contributed by atoms with Crippen molar-refractivity contribution in [2.45, 2.75) is 0 Å². The van der Waals surface area contributed by atoms with E-state index < -0.39 is 21.4 Å². The van der Waals surface area contributed by atoms with Gasteiger partial charge in [-0.1, -0.05) is 0 Å². The second-order valence-electron chi connectivity index (χ2n) is 3.99. The zero-order valence-electron chi connectivity index (χ0n) is 10.5. The lowest BCUT2D eigenvalue weighted by Crippen LogP contribution is -1.97. The van der Waals surface area contributed by atoms with Crippen molar-refractivity contribution < 1.29 is 14.2 Å². The van der Waals surface area contributed by atoms with Crippen molar-refractivity contribution in [2.75, 3.05) is 0 Å². The summed E-state index contributed by atoms with van der Waals surface area (Å²) in [5.41, 5.74) is -0.269. The SMILES string of the molecule is O=[N+]([O-])c1ccc(C=Nc2ccc(F)cc2)c([N+](=O)[O-])c1. The first-order valence-electron chi connectivity index (χ1n) is 5.70. The van der Waals surface area contributed by atoms with Gasteiger partial charge in [0, 0.05) is 12.3 Å². The van der Waals surface area contributed by atoms with Crippen LogP contribution in [0.25, 0.3) is 0 Å². The van der Waals surface area contributed by atoms with E-state index >= 15 is 0 Å². The Bertz CT molecular complexity index is 729. The lowest BCUT2D eigenvalue weighted by molar-refractivity contribution is -0.394. The van der Waals surface area contributed by atoms with Gasteiger partial charge in [0.05, 0.1) is 27.2 Å². The van der Waals surface area contributed by atoms with E-state index in [2.05, 4.69) is 4.99 Å². The largest absolute Gasteiger partial charge is 0.285 e. The van der Waals surface area contributed by atoms with Gasteiger partial charge in [0.1, 0.15) is 5.82 Å². The molecule has 0 aliphatic heterocycles. The smallest absolute Gasteiger partial charge is 0.258 e. The van der Waals surface area contributed by atoms with Crippen LogP contribution in [-0.2, 0) is 0 Å². The zero-order chi connectivity index (χ0) is 15.4. The molecule has 0 amide bonds. The Morgan fingerprint density at radius 2 is 1.67 bits per heavy atom. The molecule has 0 aliphatic rings. The Balaban J connectivity index is 2.37. The summed E-state index contributed by atoms with van der Waals surface area (Å²) < 4.78 is 12.7. The third-order valence-electron chi connectivity index (χ3n) is 2.60. The number of nitro groups is 2. The molecule has 106 valence electrons.